The molecule has 0 amide bonds. The van der Waals surface area contributed by atoms with Crippen molar-refractivity contribution in [1.82, 2.24) is 9.80 Å². The summed E-state index contributed by atoms with van der Waals surface area (Å²) in [7, 11) is 3.86. The summed E-state index contributed by atoms with van der Waals surface area (Å²) in [6, 6.07) is 0.192. The molecule has 1 rings (SSSR count). The molecule has 0 aromatic rings. The van der Waals surface area contributed by atoms with Crippen LogP contribution in [0.2, 0.25) is 0 Å². The van der Waals surface area contributed by atoms with Crippen LogP contribution in [0.3, 0.4) is 0 Å². The quantitative estimate of drug-likeness (QED) is 0.661. The highest BCUT2D eigenvalue weighted by atomic mass is 16.5. The summed E-state index contributed by atoms with van der Waals surface area (Å²) in [4.78, 5) is 16.6. The van der Waals surface area contributed by atoms with Gasteiger partial charge in [0.2, 0.25) is 0 Å². The van der Waals surface area contributed by atoms with Gasteiger partial charge >= 0.3 is 5.97 Å². The number of piperazine rings is 1. The number of hydrogen-bond donors (Lipinski definition) is 0. The van der Waals surface area contributed by atoms with Gasteiger partial charge in [-0.25, -0.2) is 0 Å². The summed E-state index contributed by atoms with van der Waals surface area (Å²) >= 11 is 0. The third kappa shape index (κ3) is 5.77. The van der Waals surface area contributed by atoms with Crippen LogP contribution in [0.4, 0.5) is 0 Å². The highest BCUT2D eigenvalue weighted by Gasteiger charge is 2.30. The summed E-state index contributed by atoms with van der Waals surface area (Å²) in [6.07, 6.45) is 1.29. The smallest absolute Gasteiger partial charge is 0.307 e. The fourth-order valence-electron chi connectivity index (χ4n) is 2.58. The maximum absolute atomic E-state index is 11.8. The van der Waals surface area contributed by atoms with E-state index >= 15 is 0 Å². The molecule has 0 aromatic carbocycles. The number of ether oxygens (including phenoxy) is 2. The number of carbonyl (C=O) groups excluding carboxylic acids is 1. The topological polar surface area (TPSA) is 42.0 Å². The van der Waals surface area contributed by atoms with E-state index < -0.39 is 0 Å². The fraction of sp³-hybridized carbons (Fsp3) is 0.933. The minimum atomic E-state index is -0.222. The molecule has 1 heterocycles. The van der Waals surface area contributed by atoms with E-state index in [0.717, 1.165) is 32.6 Å². The molecule has 20 heavy (non-hydrogen) atoms. The van der Waals surface area contributed by atoms with E-state index in [0.29, 0.717) is 13.0 Å². The lowest BCUT2D eigenvalue weighted by Gasteiger charge is -2.40. The monoisotopic (exact) mass is 286 g/mol. The first kappa shape index (κ1) is 17.4. The molecular formula is C15H30N2O3. The molecule has 1 unspecified atom stereocenters. The van der Waals surface area contributed by atoms with E-state index in [1.807, 2.05) is 6.92 Å². The average molecular weight is 286 g/mol. The molecule has 1 fully saturated rings. The van der Waals surface area contributed by atoms with Crippen LogP contribution in [-0.2, 0) is 14.3 Å². The Morgan fingerprint density at radius 3 is 2.35 bits per heavy atom. The Morgan fingerprint density at radius 2 is 1.85 bits per heavy atom. The summed E-state index contributed by atoms with van der Waals surface area (Å²) in [5, 5.41) is 0. The molecule has 1 atom stereocenters. The van der Waals surface area contributed by atoms with E-state index in [2.05, 4.69) is 30.7 Å². The van der Waals surface area contributed by atoms with Gasteiger partial charge in [-0.05, 0) is 34.2 Å². The summed E-state index contributed by atoms with van der Waals surface area (Å²) < 4.78 is 10.6. The van der Waals surface area contributed by atoms with Crippen molar-refractivity contribution in [3.05, 3.63) is 0 Å². The van der Waals surface area contributed by atoms with Crippen LogP contribution in [0, 0.1) is 0 Å². The zero-order valence-corrected chi connectivity index (χ0v) is 13.6. The van der Waals surface area contributed by atoms with Crippen LogP contribution >= 0.6 is 0 Å². The minimum Gasteiger partial charge on any atom is -0.466 e. The molecule has 1 aliphatic rings. The summed E-state index contributed by atoms with van der Waals surface area (Å²) in [6.45, 7) is 10.5. The molecule has 0 spiro atoms. The van der Waals surface area contributed by atoms with Gasteiger partial charge < -0.3 is 14.4 Å². The Morgan fingerprint density at radius 1 is 1.25 bits per heavy atom. The first-order chi connectivity index (χ1) is 9.38. The Kier molecular flexibility index (Phi) is 6.92. The Hall–Kier alpha value is -0.650. The number of methoxy groups -OCH3 is 1. The highest BCUT2D eigenvalue weighted by Crippen LogP contribution is 2.22. The molecule has 1 saturated heterocycles. The lowest BCUT2D eigenvalue weighted by atomic mass is 9.95. The molecule has 0 aliphatic carbocycles. The number of rotatable bonds is 7. The standard InChI is InChI=1S/C15H30N2O3/c1-6-20-14(18)11-13(12-15(2,3)19-5)17-9-7-16(4)8-10-17/h13H,6-12H2,1-5H3. The van der Waals surface area contributed by atoms with Crippen LogP contribution in [0.5, 0.6) is 0 Å². The van der Waals surface area contributed by atoms with Crippen molar-refractivity contribution < 1.29 is 14.3 Å². The van der Waals surface area contributed by atoms with Gasteiger partial charge in [-0.2, -0.15) is 0 Å². The third-order valence-corrected chi connectivity index (χ3v) is 4.04. The molecule has 0 N–H and O–H groups in total. The van der Waals surface area contributed by atoms with Gasteiger partial charge in [0.05, 0.1) is 18.6 Å². The van der Waals surface area contributed by atoms with E-state index in [1.165, 1.54) is 0 Å². The van der Waals surface area contributed by atoms with Crippen LogP contribution in [0.1, 0.15) is 33.6 Å². The minimum absolute atomic E-state index is 0.108. The van der Waals surface area contributed by atoms with E-state index in [4.69, 9.17) is 9.47 Å². The second-order valence-electron chi connectivity index (χ2n) is 6.17. The molecule has 1 aliphatic heterocycles. The molecule has 0 aromatic heterocycles. The van der Waals surface area contributed by atoms with Gasteiger partial charge in [-0.3, -0.25) is 9.69 Å². The Labute approximate surface area is 123 Å². The average Bonchev–Trinajstić information content (AvgIpc) is 2.39. The summed E-state index contributed by atoms with van der Waals surface area (Å²) in [5.74, 6) is -0.108. The van der Waals surface area contributed by atoms with Gasteiger partial charge in [0.25, 0.3) is 0 Å². The highest BCUT2D eigenvalue weighted by molar-refractivity contribution is 5.70. The molecular weight excluding hydrogens is 256 g/mol. The normalized spacial score (nSPS) is 19.9. The maximum atomic E-state index is 11.8. The number of carbonyl (C=O) groups is 1. The van der Waals surface area contributed by atoms with Crippen LogP contribution < -0.4 is 0 Å². The largest absolute Gasteiger partial charge is 0.466 e. The number of nitrogens with zero attached hydrogens (tertiary/aromatic N) is 2. The molecule has 5 nitrogen and oxygen atoms in total. The number of esters is 1. The van der Waals surface area contributed by atoms with Crippen LogP contribution in [0.15, 0.2) is 0 Å². The Balaban J connectivity index is 2.65. The van der Waals surface area contributed by atoms with Crippen LogP contribution in [-0.4, -0.2) is 74.4 Å². The zero-order chi connectivity index (χ0) is 15.2. The van der Waals surface area contributed by atoms with Gasteiger partial charge in [-0.1, -0.05) is 0 Å². The molecule has 118 valence electrons. The number of likely N-dealkylation sites (N-methyl/N-ethyl adjacent to an activating group) is 1. The van der Waals surface area contributed by atoms with Gasteiger partial charge in [0.1, 0.15) is 0 Å². The molecule has 0 radical (unpaired) electrons. The molecule has 0 bridgehead atoms. The zero-order valence-electron chi connectivity index (χ0n) is 13.6. The van der Waals surface area contributed by atoms with Crippen molar-refractivity contribution in [2.45, 2.75) is 45.3 Å². The van der Waals surface area contributed by atoms with E-state index in [-0.39, 0.29) is 17.6 Å². The fourth-order valence-corrected chi connectivity index (χ4v) is 2.58. The molecule has 5 heteroatoms. The second-order valence-corrected chi connectivity index (χ2v) is 6.17. The van der Waals surface area contributed by atoms with Crippen molar-refractivity contribution in [1.29, 1.82) is 0 Å². The van der Waals surface area contributed by atoms with Crippen molar-refractivity contribution in [3.63, 3.8) is 0 Å². The van der Waals surface area contributed by atoms with Crippen molar-refractivity contribution in [2.75, 3.05) is 46.9 Å². The second kappa shape index (κ2) is 7.96. The maximum Gasteiger partial charge on any atom is 0.307 e. The van der Waals surface area contributed by atoms with E-state index in [1.54, 1.807) is 7.11 Å². The van der Waals surface area contributed by atoms with Crippen molar-refractivity contribution in [2.24, 2.45) is 0 Å². The number of hydrogen-bond acceptors (Lipinski definition) is 5. The van der Waals surface area contributed by atoms with Gasteiger partial charge in [0, 0.05) is 39.3 Å². The predicted molar refractivity (Wildman–Crippen MR) is 79.8 cm³/mol. The Bertz CT molecular complexity index is 299. The predicted octanol–water partition coefficient (Wildman–Crippen LogP) is 1.37. The summed E-state index contributed by atoms with van der Waals surface area (Å²) in [5.41, 5.74) is -0.222. The van der Waals surface area contributed by atoms with E-state index in [9.17, 15) is 4.79 Å². The first-order valence-electron chi connectivity index (χ1n) is 7.51. The SMILES string of the molecule is CCOC(=O)CC(CC(C)(C)OC)N1CCN(C)CC1. The van der Waals surface area contributed by atoms with Gasteiger partial charge in [-0.15, -0.1) is 0 Å². The van der Waals surface area contributed by atoms with Gasteiger partial charge in [0.15, 0.2) is 0 Å². The van der Waals surface area contributed by atoms with Crippen molar-refractivity contribution >= 4 is 5.97 Å². The van der Waals surface area contributed by atoms with Crippen LogP contribution in [0.25, 0.3) is 0 Å². The van der Waals surface area contributed by atoms with Crippen molar-refractivity contribution in [3.8, 4) is 0 Å². The third-order valence-electron chi connectivity index (χ3n) is 4.04. The lowest BCUT2D eigenvalue weighted by Crippen LogP contribution is -2.51. The lowest BCUT2D eigenvalue weighted by molar-refractivity contribution is -0.145. The molecule has 0 saturated carbocycles. The first-order valence-corrected chi connectivity index (χ1v) is 7.51.